The predicted octanol–water partition coefficient (Wildman–Crippen LogP) is 0.931. The number of aromatic nitrogens is 1. The number of hydrazine groups is 1. The van der Waals surface area contributed by atoms with Crippen molar-refractivity contribution in [3.63, 3.8) is 0 Å². The van der Waals surface area contributed by atoms with Gasteiger partial charge < -0.3 is 0 Å². The van der Waals surface area contributed by atoms with E-state index in [-0.39, 0.29) is 18.3 Å². The number of nitrogens with zero attached hydrogens (tertiary/aromatic N) is 1. The molecule has 0 aromatic carbocycles. The van der Waals surface area contributed by atoms with E-state index in [9.17, 15) is 4.79 Å². The average molecular weight is 259 g/mol. The van der Waals surface area contributed by atoms with Gasteiger partial charge in [0.25, 0.3) is 5.91 Å². The smallest absolute Gasteiger partial charge is 0.276 e. The molecule has 3 N–H and O–H groups in total. The van der Waals surface area contributed by atoms with Crippen LogP contribution in [0.4, 0.5) is 0 Å². The number of hydrogen-bond acceptors (Lipinski definition) is 4. The molecule has 0 atom stereocenters. The number of halogens is 2. The van der Waals surface area contributed by atoms with Gasteiger partial charge in [-0.3, -0.25) is 10.2 Å². The van der Waals surface area contributed by atoms with E-state index in [1.165, 1.54) is 17.5 Å². The zero-order chi connectivity index (χ0) is 7.56. The van der Waals surface area contributed by atoms with E-state index < -0.39 is 0 Å². The van der Waals surface area contributed by atoms with Gasteiger partial charge in [0.1, 0.15) is 4.88 Å². The lowest BCUT2D eigenvalue weighted by molar-refractivity contribution is 0.0957. The predicted molar refractivity (Wildman–Crippen MR) is 48.7 cm³/mol. The maximum atomic E-state index is 10.7. The van der Waals surface area contributed by atoms with Gasteiger partial charge in [-0.25, -0.2) is 10.8 Å². The maximum absolute atomic E-state index is 10.7. The molecule has 0 aliphatic rings. The summed E-state index contributed by atoms with van der Waals surface area (Å²) in [7, 11) is 0. The van der Waals surface area contributed by atoms with Gasteiger partial charge in [0.2, 0.25) is 0 Å². The van der Waals surface area contributed by atoms with Crippen molar-refractivity contribution in [2.45, 2.75) is 0 Å². The van der Waals surface area contributed by atoms with Gasteiger partial charge >= 0.3 is 0 Å². The fraction of sp³-hybridized carbons (Fsp3) is 0. The van der Waals surface area contributed by atoms with E-state index in [1.807, 2.05) is 5.43 Å². The van der Waals surface area contributed by atoms with Crippen LogP contribution in [0.2, 0.25) is 0 Å². The number of amides is 1. The Morgan fingerprint density at radius 2 is 2.45 bits per heavy atom. The zero-order valence-corrected chi connectivity index (χ0v) is 8.42. The van der Waals surface area contributed by atoms with Crippen LogP contribution in [-0.2, 0) is 0 Å². The first-order valence-electron chi connectivity index (χ1n) is 2.36. The molecule has 1 heterocycles. The third kappa shape index (κ3) is 2.74. The minimum atomic E-state index is -0.316. The van der Waals surface area contributed by atoms with Gasteiger partial charge in [0, 0.05) is 0 Å². The van der Waals surface area contributed by atoms with E-state index >= 15 is 0 Å². The van der Waals surface area contributed by atoms with E-state index in [2.05, 4.69) is 20.9 Å². The van der Waals surface area contributed by atoms with Gasteiger partial charge in [0.05, 0.1) is 6.20 Å². The fourth-order valence-corrected chi connectivity index (χ4v) is 1.60. The molecule has 0 unspecified atom stereocenters. The van der Waals surface area contributed by atoms with Crippen LogP contribution < -0.4 is 11.3 Å². The Balaban J connectivity index is 0.000001000. The second-order valence-corrected chi connectivity index (χ2v) is 3.76. The van der Waals surface area contributed by atoms with Crippen molar-refractivity contribution in [1.29, 1.82) is 0 Å². The topological polar surface area (TPSA) is 68.0 Å². The highest BCUT2D eigenvalue weighted by atomic mass is 79.9. The molecule has 7 heteroatoms. The molecule has 1 aromatic heterocycles. The summed E-state index contributed by atoms with van der Waals surface area (Å²) in [5.41, 5.74) is 2.01. The van der Waals surface area contributed by atoms with E-state index in [4.69, 9.17) is 5.84 Å². The number of nitrogen functional groups attached to an aromatic ring is 1. The summed E-state index contributed by atoms with van der Waals surface area (Å²) in [5.74, 6) is 4.56. The Labute approximate surface area is 81.7 Å². The number of nitrogens with two attached hydrogens (primary N) is 1. The maximum Gasteiger partial charge on any atom is 0.276 e. The van der Waals surface area contributed by atoms with Crippen molar-refractivity contribution in [3.8, 4) is 0 Å². The number of carbonyl (C=O) groups excluding carboxylic acids is 1. The molecule has 0 aliphatic heterocycles. The van der Waals surface area contributed by atoms with Gasteiger partial charge in [0.15, 0.2) is 3.92 Å². The second kappa shape index (κ2) is 4.66. The largest absolute Gasteiger partial charge is 0.289 e. The molecule has 1 amide bonds. The molecular weight excluding hydrogens is 253 g/mol. The molecule has 1 rings (SSSR count). The third-order valence-electron chi connectivity index (χ3n) is 0.832. The first-order chi connectivity index (χ1) is 4.74. The summed E-state index contributed by atoms with van der Waals surface area (Å²) in [4.78, 5) is 15.0. The standard InChI is InChI=1S/C4H4BrN3OS.ClH/c5-4-7-1-2(10-4)3(9)8-6;/h1H,6H2,(H,8,9);1H. The van der Waals surface area contributed by atoms with Crippen LogP contribution in [0, 0.1) is 0 Å². The number of thiazole rings is 1. The van der Waals surface area contributed by atoms with Crippen LogP contribution in [0.5, 0.6) is 0 Å². The van der Waals surface area contributed by atoms with E-state index in [1.54, 1.807) is 0 Å². The first-order valence-corrected chi connectivity index (χ1v) is 3.97. The van der Waals surface area contributed by atoms with Crippen molar-refractivity contribution in [1.82, 2.24) is 10.4 Å². The lowest BCUT2D eigenvalue weighted by Gasteiger charge is -1.89. The van der Waals surface area contributed by atoms with Crippen LogP contribution in [-0.4, -0.2) is 10.9 Å². The van der Waals surface area contributed by atoms with Crippen molar-refractivity contribution < 1.29 is 4.79 Å². The molecule has 0 radical (unpaired) electrons. The highest BCUT2D eigenvalue weighted by Crippen LogP contribution is 2.17. The molecule has 0 fully saturated rings. The summed E-state index contributed by atoms with van der Waals surface area (Å²) in [6.45, 7) is 0. The summed E-state index contributed by atoms with van der Waals surface area (Å²) in [5, 5.41) is 0. The molecule has 4 nitrogen and oxygen atoms in total. The number of hydrogen-bond donors (Lipinski definition) is 2. The normalized spacial score (nSPS) is 8.55. The highest BCUT2D eigenvalue weighted by Gasteiger charge is 2.06. The quantitative estimate of drug-likeness (QED) is 0.447. The minimum absolute atomic E-state index is 0. The van der Waals surface area contributed by atoms with Crippen LogP contribution in [0.15, 0.2) is 10.1 Å². The molecule has 0 aliphatic carbocycles. The zero-order valence-electron chi connectivity index (χ0n) is 5.20. The van der Waals surface area contributed by atoms with Crippen LogP contribution in [0.25, 0.3) is 0 Å². The molecular formula is C4H5BrClN3OS. The Hall–Kier alpha value is -0.170. The Morgan fingerprint density at radius 3 is 2.82 bits per heavy atom. The molecule has 0 saturated heterocycles. The summed E-state index contributed by atoms with van der Waals surface area (Å²) >= 11 is 4.35. The molecule has 62 valence electrons. The fourth-order valence-electron chi connectivity index (χ4n) is 0.429. The van der Waals surface area contributed by atoms with Gasteiger partial charge in [-0.2, -0.15) is 0 Å². The molecule has 0 bridgehead atoms. The van der Waals surface area contributed by atoms with Crippen LogP contribution in [0.3, 0.4) is 0 Å². The number of nitrogens with one attached hydrogen (secondary N) is 1. The number of carbonyl (C=O) groups is 1. The Bertz CT molecular complexity index is 253. The average Bonchev–Trinajstić information content (AvgIpc) is 2.34. The molecule has 0 spiro atoms. The molecule has 11 heavy (non-hydrogen) atoms. The van der Waals surface area contributed by atoms with Gasteiger partial charge in [-0.05, 0) is 15.9 Å². The minimum Gasteiger partial charge on any atom is -0.289 e. The number of rotatable bonds is 1. The third-order valence-corrected chi connectivity index (χ3v) is 2.31. The first kappa shape index (κ1) is 10.8. The molecule has 0 saturated carbocycles. The lowest BCUT2D eigenvalue weighted by atomic mass is 10.5. The van der Waals surface area contributed by atoms with Crippen molar-refractivity contribution in [2.75, 3.05) is 0 Å². The second-order valence-electron chi connectivity index (χ2n) is 1.45. The summed E-state index contributed by atoms with van der Waals surface area (Å²) < 4.78 is 0.672. The van der Waals surface area contributed by atoms with E-state index in [0.717, 1.165) is 0 Å². The van der Waals surface area contributed by atoms with E-state index in [0.29, 0.717) is 8.79 Å². The van der Waals surface area contributed by atoms with Crippen molar-refractivity contribution in [2.24, 2.45) is 5.84 Å². The van der Waals surface area contributed by atoms with Crippen LogP contribution in [0.1, 0.15) is 9.67 Å². The molecule has 1 aromatic rings. The van der Waals surface area contributed by atoms with Crippen molar-refractivity contribution in [3.05, 3.63) is 15.0 Å². The Morgan fingerprint density at radius 1 is 1.82 bits per heavy atom. The van der Waals surface area contributed by atoms with Crippen molar-refractivity contribution >= 4 is 45.6 Å². The highest BCUT2D eigenvalue weighted by molar-refractivity contribution is 9.11. The van der Waals surface area contributed by atoms with Crippen LogP contribution >= 0.6 is 39.7 Å². The summed E-state index contributed by atoms with van der Waals surface area (Å²) in [6.07, 6.45) is 1.46. The SMILES string of the molecule is Cl.NNC(=O)c1cnc(Br)s1. The monoisotopic (exact) mass is 257 g/mol. The summed E-state index contributed by atoms with van der Waals surface area (Å²) in [6, 6.07) is 0. The lowest BCUT2D eigenvalue weighted by Crippen LogP contribution is -2.29. The Kier molecular flexibility index (Phi) is 4.58. The van der Waals surface area contributed by atoms with Gasteiger partial charge in [-0.15, -0.1) is 23.7 Å². The van der Waals surface area contributed by atoms with Gasteiger partial charge in [-0.1, -0.05) is 0 Å².